The maximum absolute atomic E-state index is 9.93. The lowest BCUT2D eigenvalue weighted by molar-refractivity contribution is -0.352. The lowest BCUT2D eigenvalue weighted by Crippen LogP contribution is -2.63. The predicted molar refractivity (Wildman–Crippen MR) is 67.2 cm³/mol. The Hall–Kier alpha value is -0.400. The highest BCUT2D eigenvalue weighted by molar-refractivity contribution is 4.93. The SMILES string of the molecule is C[C@@H]1O[C@H](O[C@@H]2[C@H](O)[C@H](O)[C@H](O)O[C@@H]2CO)[C@@H](O)[C@H](O)[C@H]1O. The third-order valence-corrected chi connectivity index (χ3v) is 3.94. The van der Waals surface area contributed by atoms with Gasteiger partial charge in [0.1, 0.15) is 42.7 Å². The van der Waals surface area contributed by atoms with Gasteiger partial charge >= 0.3 is 0 Å². The summed E-state index contributed by atoms with van der Waals surface area (Å²) in [5.74, 6) is 0. The van der Waals surface area contributed by atoms with Crippen LogP contribution in [-0.4, -0.2) is 104 Å². The summed E-state index contributed by atoms with van der Waals surface area (Å²) in [5.41, 5.74) is 0. The molecule has 0 bridgehead atoms. The highest BCUT2D eigenvalue weighted by Crippen LogP contribution is 2.28. The van der Waals surface area contributed by atoms with Gasteiger partial charge in [-0.25, -0.2) is 0 Å². The van der Waals surface area contributed by atoms with Crippen molar-refractivity contribution in [1.82, 2.24) is 0 Å². The lowest BCUT2D eigenvalue weighted by Gasteiger charge is -2.44. The van der Waals surface area contributed by atoms with Crippen LogP contribution in [0.3, 0.4) is 0 Å². The molecule has 0 radical (unpaired) electrons. The molecule has 2 fully saturated rings. The summed E-state index contributed by atoms with van der Waals surface area (Å²) >= 11 is 0. The number of ether oxygens (including phenoxy) is 3. The second-order valence-corrected chi connectivity index (χ2v) is 5.51. The molecule has 0 spiro atoms. The van der Waals surface area contributed by atoms with Gasteiger partial charge in [-0.05, 0) is 6.92 Å². The van der Waals surface area contributed by atoms with E-state index in [9.17, 15) is 35.7 Å². The van der Waals surface area contributed by atoms with E-state index in [1.807, 2.05) is 0 Å². The molecule has 2 aliphatic heterocycles. The van der Waals surface area contributed by atoms with Crippen LogP contribution in [0.4, 0.5) is 0 Å². The fourth-order valence-corrected chi connectivity index (χ4v) is 2.52. The van der Waals surface area contributed by atoms with Gasteiger partial charge in [0.25, 0.3) is 0 Å². The Morgan fingerprint density at radius 2 is 1.45 bits per heavy atom. The Balaban J connectivity index is 2.10. The lowest BCUT2D eigenvalue weighted by atomic mass is 9.97. The first-order valence-corrected chi connectivity index (χ1v) is 6.93. The van der Waals surface area contributed by atoms with E-state index in [-0.39, 0.29) is 0 Å². The fraction of sp³-hybridized carbons (Fsp3) is 1.00. The second kappa shape index (κ2) is 7.01. The third-order valence-electron chi connectivity index (χ3n) is 3.94. The molecule has 2 rings (SSSR count). The van der Waals surface area contributed by atoms with Crippen LogP contribution in [0, 0.1) is 0 Å². The van der Waals surface area contributed by atoms with Crippen LogP contribution >= 0.6 is 0 Å². The van der Waals surface area contributed by atoms with Crippen molar-refractivity contribution in [1.29, 1.82) is 0 Å². The molecule has 10 atom stereocenters. The average molecular weight is 326 g/mol. The van der Waals surface area contributed by atoms with Crippen molar-refractivity contribution in [3.8, 4) is 0 Å². The van der Waals surface area contributed by atoms with Gasteiger partial charge < -0.3 is 50.0 Å². The first kappa shape index (κ1) is 17.9. The second-order valence-electron chi connectivity index (χ2n) is 5.51. The highest BCUT2D eigenvalue weighted by atomic mass is 16.7. The predicted octanol–water partition coefficient (Wildman–Crippen LogP) is -4.37. The van der Waals surface area contributed by atoms with Crippen LogP contribution in [0.2, 0.25) is 0 Å². The van der Waals surface area contributed by atoms with Crippen molar-refractivity contribution in [2.24, 2.45) is 0 Å². The Morgan fingerprint density at radius 1 is 0.818 bits per heavy atom. The van der Waals surface area contributed by atoms with E-state index in [0.717, 1.165) is 0 Å². The summed E-state index contributed by atoms with van der Waals surface area (Å²) < 4.78 is 15.4. The Kier molecular flexibility index (Phi) is 5.72. The maximum atomic E-state index is 9.93. The van der Waals surface area contributed by atoms with E-state index >= 15 is 0 Å². The van der Waals surface area contributed by atoms with Crippen LogP contribution in [0.5, 0.6) is 0 Å². The molecule has 22 heavy (non-hydrogen) atoms. The normalized spacial score (nSPS) is 53.5. The molecule has 2 saturated heterocycles. The van der Waals surface area contributed by atoms with E-state index < -0.39 is 68.0 Å². The molecule has 0 aromatic heterocycles. The summed E-state index contributed by atoms with van der Waals surface area (Å²) in [5, 5.41) is 67.3. The molecule has 10 heteroatoms. The van der Waals surface area contributed by atoms with Gasteiger partial charge in [-0.15, -0.1) is 0 Å². The first-order valence-electron chi connectivity index (χ1n) is 6.93. The summed E-state index contributed by atoms with van der Waals surface area (Å²) in [4.78, 5) is 0. The topological polar surface area (TPSA) is 169 Å². The molecular weight excluding hydrogens is 304 g/mol. The van der Waals surface area contributed by atoms with Crippen molar-refractivity contribution < 1.29 is 50.0 Å². The van der Waals surface area contributed by atoms with E-state index in [1.54, 1.807) is 0 Å². The molecule has 0 amide bonds. The van der Waals surface area contributed by atoms with Crippen molar-refractivity contribution >= 4 is 0 Å². The van der Waals surface area contributed by atoms with Crippen LogP contribution in [0.1, 0.15) is 6.92 Å². The van der Waals surface area contributed by atoms with Crippen LogP contribution in [0.15, 0.2) is 0 Å². The van der Waals surface area contributed by atoms with Gasteiger partial charge in [0.15, 0.2) is 12.6 Å². The number of hydrogen-bond donors (Lipinski definition) is 7. The Labute approximate surface area is 126 Å². The minimum atomic E-state index is -1.70. The standard InChI is InChI=1S/C12H22O10/c1-3-5(14)6(15)9(18)12(20-3)22-10-4(2-13)21-11(19)8(17)7(10)16/h3-19H,2H2,1H3/t3-,4+,5-,6+,7+,8-,9-,10-,11+,12+/m0/s1. The van der Waals surface area contributed by atoms with E-state index in [1.165, 1.54) is 6.92 Å². The molecule has 0 aromatic carbocycles. The van der Waals surface area contributed by atoms with Crippen LogP contribution in [-0.2, 0) is 14.2 Å². The fourth-order valence-electron chi connectivity index (χ4n) is 2.52. The van der Waals surface area contributed by atoms with Crippen molar-refractivity contribution in [2.45, 2.75) is 68.3 Å². The first-order chi connectivity index (χ1) is 10.3. The monoisotopic (exact) mass is 326 g/mol. The molecule has 130 valence electrons. The van der Waals surface area contributed by atoms with Gasteiger partial charge in [0.2, 0.25) is 0 Å². The molecule has 0 aromatic rings. The number of aliphatic hydroxyl groups is 7. The number of aliphatic hydroxyl groups excluding tert-OH is 7. The minimum Gasteiger partial charge on any atom is -0.394 e. The molecule has 0 saturated carbocycles. The maximum Gasteiger partial charge on any atom is 0.187 e. The molecule has 2 aliphatic rings. The summed E-state index contributed by atoms with van der Waals surface area (Å²) in [7, 11) is 0. The van der Waals surface area contributed by atoms with Crippen molar-refractivity contribution in [2.75, 3.05) is 6.61 Å². The third kappa shape index (κ3) is 3.26. The van der Waals surface area contributed by atoms with Crippen molar-refractivity contribution in [3.05, 3.63) is 0 Å². The quantitative estimate of drug-likeness (QED) is 0.269. The van der Waals surface area contributed by atoms with Gasteiger partial charge in [-0.1, -0.05) is 0 Å². The highest BCUT2D eigenvalue weighted by Gasteiger charge is 2.49. The van der Waals surface area contributed by atoms with Gasteiger partial charge in [0.05, 0.1) is 12.7 Å². The summed E-state index contributed by atoms with van der Waals surface area (Å²) in [6.07, 6.45) is -14.2. The Morgan fingerprint density at radius 3 is 2.05 bits per heavy atom. The van der Waals surface area contributed by atoms with Gasteiger partial charge in [-0.3, -0.25) is 0 Å². The zero-order valence-corrected chi connectivity index (χ0v) is 11.8. The number of rotatable bonds is 3. The van der Waals surface area contributed by atoms with Crippen molar-refractivity contribution in [3.63, 3.8) is 0 Å². The summed E-state index contributed by atoms with van der Waals surface area (Å²) in [6.45, 7) is 0.821. The largest absolute Gasteiger partial charge is 0.394 e. The summed E-state index contributed by atoms with van der Waals surface area (Å²) in [6, 6.07) is 0. The molecule has 2 heterocycles. The van der Waals surface area contributed by atoms with Gasteiger partial charge in [0, 0.05) is 0 Å². The average Bonchev–Trinajstić information content (AvgIpc) is 2.50. The molecule has 0 aliphatic carbocycles. The molecule has 7 N–H and O–H groups in total. The van der Waals surface area contributed by atoms with E-state index in [2.05, 4.69) is 0 Å². The van der Waals surface area contributed by atoms with Crippen LogP contribution < -0.4 is 0 Å². The molecule has 10 nitrogen and oxygen atoms in total. The zero-order valence-electron chi connectivity index (χ0n) is 11.8. The molecular formula is C12H22O10. The number of hydrogen-bond acceptors (Lipinski definition) is 10. The van der Waals surface area contributed by atoms with Gasteiger partial charge in [-0.2, -0.15) is 0 Å². The smallest absolute Gasteiger partial charge is 0.187 e. The van der Waals surface area contributed by atoms with E-state index in [4.69, 9.17) is 14.2 Å². The van der Waals surface area contributed by atoms with Crippen LogP contribution in [0.25, 0.3) is 0 Å². The van der Waals surface area contributed by atoms with E-state index in [0.29, 0.717) is 0 Å². The Bertz CT molecular complexity index is 366. The molecule has 0 unspecified atom stereocenters. The minimum absolute atomic E-state index is 0.630. The zero-order chi connectivity index (χ0) is 16.6.